The normalized spacial score (nSPS) is 10.6. The number of nitrogen functional groups attached to an aromatic ring is 1. The van der Waals surface area contributed by atoms with Gasteiger partial charge in [-0.2, -0.15) is 5.26 Å². The fourth-order valence-corrected chi connectivity index (χ4v) is 3.29. The Kier molecular flexibility index (Phi) is 4.90. The van der Waals surface area contributed by atoms with Gasteiger partial charge in [-0.3, -0.25) is 13.9 Å². The Hall–Kier alpha value is -4.00. The highest BCUT2D eigenvalue weighted by atomic mass is 16.5. The molecular weight excluding hydrogens is 378 g/mol. The van der Waals surface area contributed by atoms with Gasteiger partial charge in [0.25, 0.3) is 5.56 Å². The summed E-state index contributed by atoms with van der Waals surface area (Å²) in [4.78, 5) is 29.5. The van der Waals surface area contributed by atoms with Crippen molar-refractivity contribution in [3.63, 3.8) is 0 Å². The van der Waals surface area contributed by atoms with Gasteiger partial charge in [0, 0.05) is 25.2 Å². The van der Waals surface area contributed by atoms with E-state index in [9.17, 15) is 14.9 Å². The predicted molar refractivity (Wildman–Crippen MR) is 106 cm³/mol. The van der Waals surface area contributed by atoms with Gasteiger partial charge >= 0.3 is 5.69 Å². The molecular formula is C19H19N5O5. The molecule has 2 heterocycles. The molecule has 1 aromatic carbocycles. The van der Waals surface area contributed by atoms with Crippen LogP contribution in [0.5, 0.6) is 17.2 Å². The first-order chi connectivity index (χ1) is 13.8. The van der Waals surface area contributed by atoms with Crippen LogP contribution in [0.25, 0.3) is 22.2 Å². The van der Waals surface area contributed by atoms with Crippen molar-refractivity contribution in [3.05, 3.63) is 38.5 Å². The monoisotopic (exact) mass is 397 g/mol. The molecule has 10 nitrogen and oxygen atoms in total. The minimum absolute atomic E-state index is 0.0150. The number of hydrogen-bond acceptors (Lipinski definition) is 8. The topological polar surface area (TPSA) is 134 Å². The number of anilines is 1. The number of nitrogens with two attached hydrogens (primary N) is 1. The second kappa shape index (κ2) is 7.20. The maximum atomic E-state index is 13.0. The Morgan fingerprint density at radius 3 is 2.24 bits per heavy atom. The molecule has 0 radical (unpaired) electrons. The molecule has 0 spiro atoms. The van der Waals surface area contributed by atoms with Gasteiger partial charge in [0.15, 0.2) is 17.1 Å². The van der Waals surface area contributed by atoms with Gasteiger partial charge in [-0.05, 0) is 12.1 Å². The summed E-state index contributed by atoms with van der Waals surface area (Å²) in [5, 5.41) is 9.81. The van der Waals surface area contributed by atoms with Crippen LogP contribution in [0.3, 0.4) is 0 Å². The number of rotatable bonds is 4. The molecule has 0 unspecified atom stereocenters. The summed E-state index contributed by atoms with van der Waals surface area (Å²) in [5.41, 5.74) is 5.44. The highest BCUT2D eigenvalue weighted by Gasteiger charge is 2.26. The summed E-state index contributed by atoms with van der Waals surface area (Å²) in [6, 6.07) is 5.24. The summed E-state index contributed by atoms with van der Waals surface area (Å²) in [6.45, 7) is 0. The highest BCUT2D eigenvalue weighted by molar-refractivity contribution is 6.00. The van der Waals surface area contributed by atoms with Crippen molar-refractivity contribution in [2.24, 2.45) is 14.1 Å². The number of aryl methyl sites for hydroxylation is 1. The molecule has 3 rings (SSSR count). The lowest BCUT2D eigenvalue weighted by Gasteiger charge is -2.18. The number of methoxy groups -OCH3 is 3. The van der Waals surface area contributed by atoms with Gasteiger partial charge in [-0.25, -0.2) is 9.78 Å². The molecule has 0 amide bonds. The lowest BCUT2D eigenvalue weighted by Crippen LogP contribution is -2.37. The van der Waals surface area contributed by atoms with Gasteiger partial charge in [0.1, 0.15) is 17.5 Å². The second-order valence-electron chi connectivity index (χ2n) is 6.15. The average Bonchev–Trinajstić information content (AvgIpc) is 2.73. The molecule has 10 heteroatoms. The van der Waals surface area contributed by atoms with Crippen molar-refractivity contribution in [1.82, 2.24) is 14.1 Å². The molecule has 0 saturated heterocycles. The lowest BCUT2D eigenvalue weighted by atomic mass is 9.96. The fraction of sp³-hybridized carbons (Fsp3) is 0.263. The van der Waals surface area contributed by atoms with Crippen molar-refractivity contribution in [2.45, 2.75) is 0 Å². The zero-order valence-corrected chi connectivity index (χ0v) is 16.6. The van der Waals surface area contributed by atoms with Crippen molar-refractivity contribution in [3.8, 4) is 34.4 Å². The summed E-state index contributed by atoms with van der Waals surface area (Å²) >= 11 is 0. The van der Waals surface area contributed by atoms with E-state index in [-0.39, 0.29) is 39.5 Å². The number of nitrogens with zero attached hydrogens (tertiary/aromatic N) is 4. The summed E-state index contributed by atoms with van der Waals surface area (Å²) in [5.74, 6) is 0.807. The highest BCUT2D eigenvalue weighted by Crippen LogP contribution is 2.46. The van der Waals surface area contributed by atoms with E-state index >= 15 is 0 Å². The maximum absolute atomic E-state index is 13.0. The number of nitriles is 1. The van der Waals surface area contributed by atoms with E-state index < -0.39 is 11.2 Å². The van der Waals surface area contributed by atoms with Crippen LogP contribution in [0.1, 0.15) is 5.56 Å². The van der Waals surface area contributed by atoms with Gasteiger partial charge < -0.3 is 19.9 Å². The zero-order chi connectivity index (χ0) is 21.5. The van der Waals surface area contributed by atoms with Crippen LogP contribution in [0.2, 0.25) is 0 Å². The van der Waals surface area contributed by atoms with E-state index in [4.69, 9.17) is 19.9 Å². The van der Waals surface area contributed by atoms with E-state index in [2.05, 4.69) is 4.98 Å². The molecule has 0 aliphatic carbocycles. The Balaban J connectivity index is 2.66. The van der Waals surface area contributed by atoms with Crippen molar-refractivity contribution >= 4 is 16.9 Å². The van der Waals surface area contributed by atoms with Gasteiger partial charge in [-0.15, -0.1) is 0 Å². The fourth-order valence-electron chi connectivity index (χ4n) is 3.29. The molecule has 0 aliphatic heterocycles. The van der Waals surface area contributed by atoms with E-state index in [1.54, 1.807) is 12.1 Å². The summed E-state index contributed by atoms with van der Waals surface area (Å²) < 4.78 is 18.4. The van der Waals surface area contributed by atoms with Crippen LogP contribution >= 0.6 is 0 Å². The van der Waals surface area contributed by atoms with E-state index in [1.165, 1.54) is 40.0 Å². The van der Waals surface area contributed by atoms with Crippen LogP contribution in [-0.4, -0.2) is 35.4 Å². The summed E-state index contributed by atoms with van der Waals surface area (Å²) in [7, 11) is 7.16. The first-order valence-corrected chi connectivity index (χ1v) is 8.40. The Bertz CT molecular complexity index is 1300. The molecule has 2 N–H and O–H groups in total. The van der Waals surface area contributed by atoms with Crippen LogP contribution in [0, 0.1) is 11.3 Å². The molecule has 2 aromatic heterocycles. The molecule has 0 atom stereocenters. The lowest BCUT2D eigenvalue weighted by molar-refractivity contribution is 0.325. The predicted octanol–water partition coefficient (Wildman–Crippen LogP) is 0.779. The van der Waals surface area contributed by atoms with Crippen LogP contribution in [0.4, 0.5) is 5.82 Å². The Labute approximate surface area is 165 Å². The number of benzene rings is 1. The number of aromatic nitrogens is 3. The Morgan fingerprint density at radius 1 is 1.03 bits per heavy atom. The number of ether oxygens (including phenoxy) is 3. The van der Waals surface area contributed by atoms with Gasteiger partial charge in [-0.1, -0.05) is 0 Å². The third-order valence-electron chi connectivity index (χ3n) is 4.70. The van der Waals surface area contributed by atoms with E-state index in [0.29, 0.717) is 11.3 Å². The Morgan fingerprint density at radius 2 is 1.69 bits per heavy atom. The van der Waals surface area contributed by atoms with Crippen LogP contribution < -0.4 is 31.2 Å². The third-order valence-corrected chi connectivity index (χ3v) is 4.70. The number of fused-ring (bicyclic) bond motifs is 1. The van der Waals surface area contributed by atoms with E-state index in [0.717, 1.165) is 4.57 Å². The van der Waals surface area contributed by atoms with Crippen molar-refractivity contribution in [2.75, 3.05) is 27.1 Å². The van der Waals surface area contributed by atoms with Crippen molar-refractivity contribution < 1.29 is 14.2 Å². The van der Waals surface area contributed by atoms with E-state index in [1.807, 2.05) is 6.07 Å². The zero-order valence-electron chi connectivity index (χ0n) is 16.6. The molecule has 0 saturated carbocycles. The quantitative estimate of drug-likeness (QED) is 0.682. The first-order valence-electron chi connectivity index (χ1n) is 8.40. The maximum Gasteiger partial charge on any atom is 0.332 e. The number of pyridine rings is 1. The molecule has 29 heavy (non-hydrogen) atoms. The largest absolute Gasteiger partial charge is 0.493 e. The van der Waals surface area contributed by atoms with Crippen LogP contribution in [0.15, 0.2) is 21.7 Å². The minimum Gasteiger partial charge on any atom is -0.493 e. The second-order valence-corrected chi connectivity index (χ2v) is 6.15. The van der Waals surface area contributed by atoms with Gasteiger partial charge in [0.05, 0.1) is 26.7 Å². The summed E-state index contributed by atoms with van der Waals surface area (Å²) in [6.07, 6.45) is 0. The standard InChI is InChI=1S/C19H19N5O5/c1-23-17-13(18(25)24(2)19(23)26)12(10(8-20)16(21)22-17)9-6-7-11(27-3)15(29-5)14(9)28-4/h6-7H,1-5H3,(H2,21,22). The molecule has 0 fully saturated rings. The molecule has 0 bridgehead atoms. The minimum atomic E-state index is -0.612. The average molecular weight is 397 g/mol. The van der Waals surface area contributed by atoms with Gasteiger partial charge in [0.2, 0.25) is 5.75 Å². The molecule has 0 aliphatic rings. The molecule has 3 aromatic rings. The number of hydrogen-bond donors (Lipinski definition) is 1. The molecule has 150 valence electrons. The van der Waals surface area contributed by atoms with Crippen LogP contribution in [-0.2, 0) is 14.1 Å². The third kappa shape index (κ3) is 2.75. The SMILES string of the molecule is COc1ccc(-c2c(C#N)c(N)nc3c2c(=O)n(C)c(=O)n3C)c(OC)c1OC. The smallest absolute Gasteiger partial charge is 0.332 e. The first kappa shape index (κ1) is 19.8. The van der Waals surface area contributed by atoms with Crippen molar-refractivity contribution in [1.29, 1.82) is 5.26 Å².